The van der Waals surface area contributed by atoms with Gasteiger partial charge in [-0.15, -0.1) is 0 Å². The molecule has 2 aromatic carbocycles. The number of rotatable bonds is 3. The van der Waals surface area contributed by atoms with E-state index in [4.69, 9.17) is 11.6 Å². The van der Waals surface area contributed by atoms with E-state index in [1.165, 1.54) is 17.5 Å². The SMILES string of the molecule is Clc1cccc(C(c2ccccc2)N2CCCNCC2)c1. The largest absolute Gasteiger partial charge is 0.315 e. The Hall–Kier alpha value is -1.35. The molecule has 0 spiro atoms. The number of nitrogens with one attached hydrogen (secondary N) is 1. The molecule has 1 fully saturated rings. The number of hydrogen-bond acceptors (Lipinski definition) is 2. The second kappa shape index (κ2) is 7.08. The lowest BCUT2D eigenvalue weighted by Gasteiger charge is -2.31. The van der Waals surface area contributed by atoms with Gasteiger partial charge in [0, 0.05) is 24.7 Å². The van der Waals surface area contributed by atoms with Crippen molar-refractivity contribution < 1.29 is 0 Å². The lowest BCUT2D eigenvalue weighted by molar-refractivity contribution is 0.241. The third kappa shape index (κ3) is 3.65. The molecule has 0 radical (unpaired) electrons. The fourth-order valence-electron chi connectivity index (χ4n) is 3.05. The molecule has 1 aliphatic heterocycles. The van der Waals surface area contributed by atoms with Crippen molar-refractivity contribution in [2.45, 2.75) is 12.5 Å². The van der Waals surface area contributed by atoms with Crippen molar-refractivity contribution in [1.29, 1.82) is 0 Å². The summed E-state index contributed by atoms with van der Waals surface area (Å²) in [6, 6.07) is 19.3. The van der Waals surface area contributed by atoms with Gasteiger partial charge in [-0.2, -0.15) is 0 Å². The Labute approximate surface area is 131 Å². The normalized spacial score (nSPS) is 18.1. The Balaban J connectivity index is 1.98. The average molecular weight is 301 g/mol. The summed E-state index contributed by atoms with van der Waals surface area (Å²) in [6.45, 7) is 4.32. The fourth-order valence-corrected chi connectivity index (χ4v) is 3.25. The van der Waals surface area contributed by atoms with Gasteiger partial charge in [0.1, 0.15) is 0 Å². The molecule has 2 nitrogen and oxygen atoms in total. The monoisotopic (exact) mass is 300 g/mol. The quantitative estimate of drug-likeness (QED) is 0.929. The molecular weight excluding hydrogens is 280 g/mol. The van der Waals surface area contributed by atoms with Crippen LogP contribution in [0.2, 0.25) is 5.02 Å². The van der Waals surface area contributed by atoms with Crippen LogP contribution >= 0.6 is 11.6 Å². The zero-order chi connectivity index (χ0) is 14.5. The molecule has 3 heteroatoms. The van der Waals surface area contributed by atoms with Gasteiger partial charge in [-0.05, 0) is 36.2 Å². The summed E-state index contributed by atoms with van der Waals surface area (Å²) in [5.41, 5.74) is 2.61. The molecule has 2 aromatic rings. The summed E-state index contributed by atoms with van der Waals surface area (Å²) in [7, 11) is 0. The van der Waals surface area contributed by atoms with Crippen molar-refractivity contribution in [3.05, 3.63) is 70.7 Å². The van der Waals surface area contributed by atoms with E-state index in [9.17, 15) is 0 Å². The highest BCUT2D eigenvalue weighted by atomic mass is 35.5. The van der Waals surface area contributed by atoms with Gasteiger partial charge in [-0.3, -0.25) is 4.90 Å². The van der Waals surface area contributed by atoms with E-state index in [0.717, 1.165) is 31.2 Å². The molecule has 21 heavy (non-hydrogen) atoms. The van der Waals surface area contributed by atoms with Crippen LogP contribution in [0.4, 0.5) is 0 Å². The minimum absolute atomic E-state index is 0.282. The van der Waals surface area contributed by atoms with Crippen LogP contribution in [0.25, 0.3) is 0 Å². The summed E-state index contributed by atoms with van der Waals surface area (Å²) >= 11 is 6.22. The van der Waals surface area contributed by atoms with Crippen molar-refractivity contribution in [3.8, 4) is 0 Å². The molecule has 3 rings (SSSR count). The van der Waals surface area contributed by atoms with E-state index in [-0.39, 0.29) is 6.04 Å². The maximum atomic E-state index is 6.22. The van der Waals surface area contributed by atoms with E-state index in [1.54, 1.807) is 0 Å². The van der Waals surface area contributed by atoms with E-state index in [1.807, 2.05) is 12.1 Å². The van der Waals surface area contributed by atoms with Gasteiger partial charge in [0.2, 0.25) is 0 Å². The number of nitrogens with zero attached hydrogens (tertiary/aromatic N) is 1. The molecule has 1 N–H and O–H groups in total. The Morgan fingerprint density at radius 2 is 1.71 bits per heavy atom. The fraction of sp³-hybridized carbons (Fsp3) is 0.333. The van der Waals surface area contributed by atoms with E-state index < -0.39 is 0 Å². The zero-order valence-electron chi connectivity index (χ0n) is 12.1. The minimum atomic E-state index is 0.282. The lowest BCUT2D eigenvalue weighted by Crippen LogP contribution is -2.33. The number of benzene rings is 2. The Morgan fingerprint density at radius 3 is 2.52 bits per heavy atom. The van der Waals surface area contributed by atoms with Gasteiger partial charge < -0.3 is 5.32 Å². The molecule has 1 unspecified atom stereocenters. The molecule has 1 atom stereocenters. The molecule has 0 bridgehead atoms. The summed E-state index contributed by atoms with van der Waals surface area (Å²) in [5, 5.41) is 4.29. The zero-order valence-corrected chi connectivity index (χ0v) is 12.9. The minimum Gasteiger partial charge on any atom is -0.315 e. The first-order chi connectivity index (χ1) is 10.3. The average Bonchev–Trinajstić information content (AvgIpc) is 2.78. The van der Waals surface area contributed by atoms with Crippen LogP contribution in [-0.2, 0) is 0 Å². The van der Waals surface area contributed by atoms with Gasteiger partial charge in [0.25, 0.3) is 0 Å². The summed E-state index contributed by atoms with van der Waals surface area (Å²) < 4.78 is 0. The molecular formula is C18H21ClN2. The van der Waals surface area contributed by atoms with Crippen LogP contribution < -0.4 is 5.32 Å². The second-order valence-electron chi connectivity index (χ2n) is 5.51. The third-order valence-electron chi connectivity index (χ3n) is 4.02. The highest BCUT2D eigenvalue weighted by molar-refractivity contribution is 6.30. The van der Waals surface area contributed by atoms with Crippen LogP contribution in [-0.4, -0.2) is 31.1 Å². The highest BCUT2D eigenvalue weighted by Crippen LogP contribution is 2.30. The van der Waals surface area contributed by atoms with Crippen molar-refractivity contribution in [2.75, 3.05) is 26.2 Å². The molecule has 1 saturated heterocycles. The first-order valence-electron chi connectivity index (χ1n) is 7.60. The van der Waals surface area contributed by atoms with Crippen LogP contribution in [0.5, 0.6) is 0 Å². The Morgan fingerprint density at radius 1 is 0.905 bits per heavy atom. The highest BCUT2D eigenvalue weighted by Gasteiger charge is 2.23. The number of hydrogen-bond donors (Lipinski definition) is 1. The molecule has 0 aliphatic carbocycles. The Kier molecular flexibility index (Phi) is 4.91. The van der Waals surface area contributed by atoms with Gasteiger partial charge >= 0.3 is 0 Å². The third-order valence-corrected chi connectivity index (χ3v) is 4.25. The first-order valence-corrected chi connectivity index (χ1v) is 7.97. The predicted molar refractivity (Wildman–Crippen MR) is 88.8 cm³/mol. The van der Waals surface area contributed by atoms with Crippen molar-refractivity contribution >= 4 is 11.6 Å². The Bertz CT molecular complexity index is 562. The topological polar surface area (TPSA) is 15.3 Å². The van der Waals surface area contributed by atoms with Crippen LogP contribution in [0.1, 0.15) is 23.6 Å². The summed E-state index contributed by atoms with van der Waals surface area (Å²) in [4.78, 5) is 2.56. The van der Waals surface area contributed by atoms with Crippen molar-refractivity contribution in [2.24, 2.45) is 0 Å². The summed E-state index contributed by atoms with van der Waals surface area (Å²) in [5.74, 6) is 0. The standard InChI is InChI=1S/C18H21ClN2/c19-17-9-4-8-16(14-17)18(15-6-2-1-3-7-15)21-12-5-10-20-11-13-21/h1-4,6-9,14,18,20H,5,10-13H2. The molecule has 0 saturated carbocycles. The second-order valence-corrected chi connectivity index (χ2v) is 5.94. The molecule has 0 amide bonds. The molecule has 110 valence electrons. The summed E-state index contributed by atoms with van der Waals surface area (Å²) in [6.07, 6.45) is 1.18. The van der Waals surface area contributed by atoms with Crippen LogP contribution in [0.3, 0.4) is 0 Å². The maximum absolute atomic E-state index is 6.22. The maximum Gasteiger partial charge on any atom is 0.0602 e. The van der Waals surface area contributed by atoms with Crippen molar-refractivity contribution in [3.63, 3.8) is 0 Å². The number of halogens is 1. The molecule has 0 aromatic heterocycles. The molecule has 1 aliphatic rings. The predicted octanol–water partition coefficient (Wildman–Crippen LogP) is 3.72. The van der Waals surface area contributed by atoms with E-state index in [2.05, 4.69) is 52.7 Å². The van der Waals surface area contributed by atoms with Gasteiger partial charge in [-0.1, -0.05) is 54.1 Å². The van der Waals surface area contributed by atoms with Gasteiger partial charge in [0.05, 0.1) is 6.04 Å². The smallest absolute Gasteiger partial charge is 0.0602 e. The van der Waals surface area contributed by atoms with E-state index in [0.29, 0.717) is 0 Å². The van der Waals surface area contributed by atoms with Crippen molar-refractivity contribution in [1.82, 2.24) is 10.2 Å². The van der Waals surface area contributed by atoms with Crippen LogP contribution in [0, 0.1) is 0 Å². The first kappa shape index (κ1) is 14.6. The van der Waals surface area contributed by atoms with Gasteiger partial charge in [0.15, 0.2) is 0 Å². The lowest BCUT2D eigenvalue weighted by atomic mass is 9.97. The van der Waals surface area contributed by atoms with Crippen LogP contribution in [0.15, 0.2) is 54.6 Å². The van der Waals surface area contributed by atoms with Gasteiger partial charge in [-0.25, -0.2) is 0 Å². The molecule has 1 heterocycles. The van der Waals surface area contributed by atoms with E-state index >= 15 is 0 Å².